The fourth-order valence-corrected chi connectivity index (χ4v) is 2.60. The van der Waals surface area contributed by atoms with Gasteiger partial charge in [0.2, 0.25) is 0 Å². The molecule has 0 saturated heterocycles. The van der Waals surface area contributed by atoms with Gasteiger partial charge in [0.15, 0.2) is 0 Å². The summed E-state index contributed by atoms with van der Waals surface area (Å²) in [6.45, 7) is 7.90. The average Bonchev–Trinajstić information content (AvgIpc) is 2.67. The first-order valence-corrected chi connectivity index (χ1v) is 7.94. The molecule has 108 valence electrons. The van der Waals surface area contributed by atoms with Gasteiger partial charge in [-0.3, -0.25) is 0 Å². The number of amides is 1. The van der Waals surface area contributed by atoms with E-state index in [2.05, 4.69) is 38.0 Å². The van der Waals surface area contributed by atoms with E-state index in [-0.39, 0.29) is 6.09 Å². The van der Waals surface area contributed by atoms with E-state index < -0.39 is 5.60 Å². The first kappa shape index (κ1) is 16.5. The third kappa shape index (κ3) is 8.23. The van der Waals surface area contributed by atoms with E-state index in [9.17, 15) is 4.79 Å². The van der Waals surface area contributed by atoms with Gasteiger partial charge >= 0.3 is 6.09 Å². The summed E-state index contributed by atoms with van der Waals surface area (Å²) in [6, 6.07) is 2.11. The van der Waals surface area contributed by atoms with Gasteiger partial charge in [0.25, 0.3) is 0 Å². The number of hydrogen-bond acceptors (Lipinski definition) is 4. The minimum Gasteiger partial charge on any atom is -0.444 e. The number of carbonyl (C=O) groups excluding carboxylic acids is 1. The summed E-state index contributed by atoms with van der Waals surface area (Å²) in [5, 5.41) is 8.19. The van der Waals surface area contributed by atoms with Crippen LogP contribution in [0, 0.1) is 0 Å². The van der Waals surface area contributed by atoms with Crippen LogP contribution in [0.1, 0.15) is 32.8 Å². The van der Waals surface area contributed by atoms with Crippen molar-refractivity contribution in [2.45, 2.75) is 39.3 Å². The molecule has 0 saturated carbocycles. The Morgan fingerprint density at radius 1 is 1.42 bits per heavy atom. The first-order valence-electron chi connectivity index (χ1n) is 6.27. The van der Waals surface area contributed by atoms with Crippen LogP contribution >= 0.6 is 27.3 Å². The van der Waals surface area contributed by atoms with Gasteiger partial charge < -0.3 is 15.4 Å². The molecule has 1 aromatic heterocycles. The molecule has 0 unspecified atom stereocenters. The molecule has 0 bridgehead atoms. The number of rotatable bonds is 6. The van der Waals surface area contributed by atoms with Gasteiger partial charge in [0.1, 0.15) is 5.60 Å². The Hall–Kier alpha value is -0.590. The fraction of sp³-hybridized carbons (Fsp3) is 0.615. The largest absolute Gasteiger partial charge is 0.444 e. The molecule has 2 N–H and O–H groups in total. The average molecular weight is 349 g/mol. The molecular formula is C13H21BrN2O2S. The predicted octanol–water partition coefficient (Wildman–Crippen LogP) is 3.52. The molecule has 4 nitrogen and oxygen atoms in total. The Labute approximate surface area is 127 Å². The zero-order valence-electron chi connectivity index (χ0n) is 11.6. The molecule has 0 fully saturated rings. The van der Waals surface area contributed by atoms with Crippen molar-refractivity contribution in [1.82, 2.24) is 10.6 Å². The van der Waals surface area contributed by atoms with E-state index in [0.717, 1.165) is 23.3 Å². The molecule has 0 spiro atoms. The zero-order valence-corrected chi connectivity index (χ0v) is 14.0. The Morgan fingerprint density at radius 2 is 2.16 bits per heavy atom. The van der Waals surface area contributed by atoms with E-state index in [1.165, 1.54) is 5.56 Å². The van der Waals surface area contributed by atoms with Crippen LogP contribution in [-0.2, 0) is 11.3 Å². The lowest BCUT2D eigenvalue weighted by Crippen LogP contribution is -2.33. The fourth-order valence-electron chi connectivity index (χ4n) is 1.39. The van der Waals surface area contributed by atoms with Gasteiger partial charge in [0.05, 0.1) is 3.79 Å². The molecule has 19 heavy (non-hydrogen) atoms. The second-order valence-corrected chi connectivity index (χ2v) is 7.51. The standard InChI is InChI=1S/C13H21BrN2O2S/c1-13(2,3)18-12(17)16-6-4-5-15-8-10-7-11(14)19-9-10/h7,9,15H,4-6,8H2,1-3H3,(H,16,17). The second-order valence-electron chi connectivity index (χ2n) is 5.22. The number of alkyl carbamates (subject to hydrolysis) is 1. The number of carbonyl (C=O) groups is 1. The molecule has 0 aliphatic rings. The van der Waals surface area contributed by atoms with Crippen LogP contribution in [0.5, 0.6) is 0 Å². The summed E-state index contributed by atoms with van der Waals surface area (Å²) in [5.74, 6) is 0. The lowest BCUT2D eigenvalue weighted by atomic mass is 10.2. The Kier molecular flexibility index (Phi) is 6.82. The highest BCUT2D eigenvalue weighted by Gasteiger charge is 2.15. The first-order chi connectivity index (χ1) is 8.87. The van der Waals surface area contributed by atoms with Gasteiger partial charge in [-0.2, -0.15) is 0 Å². The lowest BCUT2D eigenvalue weighted by Gasteiger charge is -2.19. The van der Waals surface area contributed by atoms with E-state index in [1.54, 1.807) is 11.3 Å². The topological polar surface area (TPSA) is 50.4 Å². The highest BCUT2D eigenvalue weighted by molar-refractivity contribution is 9.11. The van der Waals surface area contributed by atoms with Crippen LogP contribution in [0.25, 0.3) is 0 Å². The summed E-state index contributed by atoms with van der Waals surface area (Å²) in [5.41, 5.74) is 0.839. The Morgan fingerprint density at radius 3 is 2.74 bits per heavy atom. The summed E-state index contributed by atoms with van der Waals surface area (Å²) < 4.78 is 6.29. The SMILES string of the molecule is CC(C)(C)OC(=O)NCCCNCc1csc(Br)c1. The molecule has 0 radical (unpaired) electrons. The van der Waals surface area contributed by atoms with Crippen molar-refractivity contribution in [2.24, 2.45) is 0 Å². The van der Waals surface area contributed by atoms with Crippen LogP contribution in [0.2, 0.25) is 0 Å². The molecule has 0 aliphatic carbocycles. The van der Waals surface area contributed by atoms with E-state index in [0.29, 0.717) is 6.54 Å². The highest BCUT2D eigenvalue weighted by Crippen LogP contribution is 2.20. The van der Waals surface area contributed by atoms with Crippen LogP contribution in [0.3, 0.4) is 0 Å². The summed E-state index contributed by atoms with van der Waals surface area (Å²) in [4.78, 5) is 11.4. The minimum absolute atomic E-state index is 0.353. The van der Waals surface area contributed by atoms with Crippen molar-refractivity contribution in [3.63, 3.8) is 0 Å². The summed E-state index contributed by atoms with van der Waals surface area (Å²) >= 11 is 5.12. The van der Waals surface area contributed by atoms with Crippen LogP contribution in [0.15, 0.2) is 15.2 Å². The molecular weight excluding hydrogens is 328 g/mol. The highest BCUT2D eigenvalue weighted by atomic mass is 79.9. The molecule has 1 rings (SSSR count). The molecule has 1 aromatic rings. The Balaban J connectivity index is 2.01. The van der Waals surface area contributed by atoms with E-state index >= 15 is 0 Å². The quantitative estimate of drug-likeness (QED) is 0.773. The molecule has 1 heterocycles. The maximum absolute atomic E-state index is 11.4. The number of nitrogens with one attached hydrogen (secondary N) is 2. The maximum Gasteiger partial charge on any atom is 0.407 e. The number of ether oxygens (including phenoxy) is 1. The molecule has 1 amide bonds. The second kappa shape index (κ2) is 7.87. The van der Waals surface area contributed by atoms with Crippen LogP contribution in [0.4, 0.5) is 4.79 Å². The number of thiophene rings is 1. The van der Waals surface area contributed by atoms with Crippen LogP contribution < -0.4 is 10.6 Å². The predicted molar refractivity (Wildman–Crippen MR) is 82.6 cm³/mol. The van der Waals surface area contributed by atoms with Crippen molar-refractivity contribution in [3.05, 3.63) is 20.8 Å². The molecule has 6 heteroatoms. The lowest BCUT2D eigenvalue weighted by molar-refractivity contribution is 0.0527. The molecule has 0 atom stereocenters. The molecule has 0 aromatic carbocycles. The zero-order chi connectivity index (χ0) is 14.3. The van der Waals surface area contributed by atoms with Crippen molar-refractivity contribution < 1.29 is 9.53 Å². The van der Waals surface area contributed by atoms with E-state index in [1.807, 2.05) is 20.8 Å². The van der Waals surface area contributed by atoms with Gasteiger partial charge in [0, 0.05) is 13.1 Å². The van der Waals surface area contributed by atoms with Crippen molar-refractivity contribution in [1.29, 1.82) is 0 Å². The summed E-state index contributed by atoms with van der Waals surface area (Å²) in [6.07, 6.45) is 0.527. The van der Waals surface area contributed by atoms with Crippen molar-refractivity contribution >= 4 is 33.4 Å². The van der Waals surface area contributed by atoms with Crippen LogP contribution in [-0.4, -0.2) is 24.8 Å². The van der Waals surface area contributed by atoms with E-state index in [4.69, 9.17) is 4.74 Å². The molecule has 0 aliphatic heterocycles. The Bertz CT molecular complexity index is 402. The third-order valence-corrected chi connectivity index (χ3v) is 3.70. The third-order valence-electron chi connectivity index (χ3n) is 2.15. The smallest absolute Gasteiger partial charge is 0.407 e. The van der Waals surface area contributed by atoms with Gasteiger partial charge in [-0.15, -0.1) is 11.3 Å². The maximum atomic E-state index is 11.4. The monoisotopic (exact) mass is 348 g/mol. The van der Waals surface area contributed by atoms with Gasteiger partial charge in [-0.05, 0) is 66.7 Å². The summed E-state index contributed by atoms with van der Waals surface area (Å²) in [7, 11) is 0. The van der Waals surface area contributed by atoms with Gasteiger partial charge in [-0.25, -0.2) is 4.79 Å². The van der Waals surface area contributed by atoms with Gasteiger partial charge in [-0.1, -0.05) is 0 Å². The number of hydrogen-bond donors (Lipinski definition) is 2. The number of halogens is 1. The van der Waals surface area contributed by atoms with Crippen molar-refractivity contribution in [3.8, 4) is 0 Å². The normalized spacial score (nSPS) is 11.4. The minimum atomic E-state index is -0.436. The van der Waals surface area contributed by atoms with Crippen molar-refractivity contribution in [2.75, 3.05) is 13.1 Å².